The highest BCUT2D eigenvalue weighted by atomic mass is 32.1. The molecule has 11 heavy (non-hydrogen) atoms. The second-order valence-corrected chi connectivity index (χ2v) is 3.76. The molecule has 0 spiro atoms. The second-order valence-electron chi connectivity index (χ2n) is 2.79. The van der Waals surface area contributed by atoms with Crippen LogP contribution in [0, 0.1) is 0 Å². The van der Waals surface area contributed by atoms with Crippen LogP contribution >= 0.6 is 11.3 Å². The van der Waals surface area contributed by atoms with Gasteiger partial charge in [0.15, 0.2) is 0 Å². The second kappa shape index (κ2) is 2.93. The number of fused-ring (bicyclic) bond motifs is 1. The number of nitrogens with one attached hydrogen (secondary N) is 1. The van der Waals surface area contributed by atoms with Gasteiger partial charge in [0.2, 0.25) is 0 Å². The zero-order valence-corrected chi connectivity index (χ0v) is 7.21. The number of nitrogens with two attached hydrogens (primary N) is 1. The van der Waals surface area contributed by atoms with E-state index in [0.29, 0.717) is 6.54 Å². The average Bonchev–Trinajstić information content (AvgIpc) is 2.47. The quantitative estimate of drug-likeness (QED) is 0.652. The molecule has 1 aliphatic heterocycles. The summed E-state index contributed by atoms with van der Waals surface area (Å²) in [7, 11) is 0. The van der Waals surface area contributed by atoms with Gasteiger partial charge in [0.1, 0.15) is 0 Å². The lowest BCUT2D eigenvalue weighted by Crippen LogP contribution is -2.22. The van der Waals surface area contributed by atoms with Gasteiger partial charge in [-0.1, -0.05) is 0 Å². The Hall–Kier alpha value is -0.380. The van der Waals surface area contributed by atoms with E-state index in [1.165, 1.54) is 16.0 Å². The van der Waals surface area contributed by atoms with Crippen LogP contribution in [0.3, 0.4) is 0 Å². The highest BCUT2D eigenvalue weighted by Crippen LogP contribution is 2.24. The van der Waals surface area contributed by atoms with Gasteiger partial charge < -0.3 is 11.1 Å². The molecule has 0 unspecified atom stereocenters. The Bertz CT molecular complexity index is 241. The van der Waals surface area contributed by atoms with Crippen LogP contribution in [0.4, 0.5) is 0 Å². The van der Waals surface area contributed by atoms with Crippen molar-refractivity contribution in [2.24, 2.45) is 5.73 Å². The van der Waals surface area contributed by atoms with Gasteiger partial charge in [0.05, 0.1) is 0 Å². The van der Waals surface area contributed by atoms with Crippen LogP contribution in [0.15, 0.2) is 5.38 Å². The monoisotopic (exact) mass is 168 g/mol. The summed E-state index contributed by atoms with van der Waals surface area (Å²) in [5.74, 6) is 0. The van der Waals surface area contributed by atoms with Crippen LogP contribution in [0.5, 0.6) is 0 Å². The molecule has 60 valence electrons. The first-order valence-electron chi connectivity index (χ1n) is 3.90. The number of rotatable bonds is 1. The Morgan fingerprint density at radius 2 is 2.55 bits per heavy atom. The van der Waals surface area contributed by atoms with Gasteiger partial charge in [-0.2, -0.15) is 0 Å². The van der Waals surface area contributed by atoms with Crippen LogP contribution in [-0.2, 0) is 19.5 Å². The normalized spacial score (nSPS) is 16.5. The van der Waals surface area contributed by atoms with Crippen molar-refractivity contribution in [3.05, 3.63) is 21.4 Å². The summed E-state index contributed by atoms with van der Waals surface area (Å²) in [5.41, 5.74) is 8.47. The van der Waals surface area contributed by atoms with Gasteiger partial charge in [-0.15, -0.1) is 11.3 Å². The molecule has 0 radical (unpaired) electrons. The van der Waals surface area contributed by atoms with E-state index in [1.807, 2.05) is 11.3 Å². The topological polar surface area (TPSA) is 38.0 Å². The molecule has 3 N–H and O–H groups in total. The summed E-state index contributed by atoms with van der Waals surface area (Å²) in [4.78, 5) is 1.48. The lowest BCUT2D eigenvalue weighted by molar-refractivity contribution is 0.650. The van der Waals surface area contributed by atoms with Crippen molar-refractivity contribution in [2.75, 3.05) is 6.54 Å². The number of hydrogen-bond acceptors (Lipinski definition) is 3. The predicted molar refractivity (Wildman–Crippen MR) is 47.6 cm³/mol. The molecule has 2 nitrogen and oxygen atoms in total. The molecule has 0 bridgehead atoms. The molecule has 1 aliphatic rings. The van der Waals surface area contributed by atoms with Crippen LogP contribution in [-0.4, -0.2) is 6.54 Å². The van der Waals surface area contributed by atoms with E-state index in [1.54, 1.807) is 0 Å². The molecule has 2 rings (SSSR count). The van der Waals surface area contributed by atoms with Gasteiger partial charge in [-0.25, -0.2) is 0 Å². The third kappa shape index (κ3) is 1.20. The molecule has 0 saturated carbocycles. The molecular weight excluding hydrogens is 156 g/mol. The molecule has 0 saturated heterocycles. The first-order valence-corrected chi connectivity index (χ1v) is 4.78. The van der Waals surface area contributed by atoms with Crippen LogP contribution in [0.2, 0.25) is 0 Å². The first-order chi connectivity index (χ1) is 5.42. The fourth-order valence-corrected chi connectivity index (χ4v) is 2.58. The van der Waals surface area contributed by atoms with Crippen molar-refractivity contribution >= 4 is 11.3 Å². The van der Waals surface area contributed by atoms with E-state index in [4.69, 9.17) is 5.73 Å². The van der Waals surface area contributed by atoms with Gasteiger partial charge in [0.25, 0.3) is 0 Å². The predicted octanol–water partition coefficient (Wildman–Crippen LogP) is 0.853. The maximum Gasteiger partial charge on any atom is 0.0302 e. The molecule has 0 aliphatic carbocycles. The number of thiophene rings is 1. The minimum Gasteiger partial charge on any atom is -0.326 e. The standard InChI is InChI=1S/C8H12N2S/c9-3-6-5-11-8-4-10-2-1-7(6)8/h5,10H,1-4,9H2. The molecule has 2 heterocycles. The van der Waals surface area contributed by atoms with Gasteiger partial charge in [-0.05, 0) is 29.5 Å². The van der Waals surface area contributed by atoms with E-state index in [0.717, 1.165) is 19.5 Å². The molecule has 1 aromatic heterocycles. The fourth-order valence-electron chi connectivity index (χ4n) is 1.50. The van der Waals surface area contributed by atoms with Crippen molar-refractivity contribution in [2.45, 2.75) is 19.5 Å². The highest BCUT2D eigenvalue weighted by molar-refractivity contribution is 7.10. The van der Waals surface area contributed by atoms with Crippen molar-refractivity contribution in [1.29, 1.82) is 0 Å². The third-order valence-electron chi connectivity index (χ3n) is 2.12. The molecule has 0 atom stereocenters. The summed E-state index contributed by atoms with van der Waals surface area (Å²) in [6, 6.07) is 0. The molecule has 0 aromatic carbocycles. The van der Waals surface area contributed by atoms with Crippen molar-refractivity contribution in [3.8, 4) is 0 Å². The number of hydrogen-bond donors (Lipinski definition) is 2. The minimum absolute atomic E-state index is 0.700. The lowest BCUT2D eigenvalue weighted by atomic mass is 10.1. The minimum atomic E-state index is 0.700. The van der Waals surface area contributed by atoms with Crippen LogP contribution < -0.4 is 11.1 Å². The lowest BCUT2D eigenvalue weighted by Gasteiger charge is -2.13. The Labute approximate surface area is 70.4 Å². The van der Waals surface area contributed by atoms with Crippen molar-refractivity contribution < 1.29 is 0 Å². The van der Waals surface area contributed by atoms with E-state index >= 15 is 0 Å². The summed E-state index contributed by atoms with van der Waals surface area (Å²) in [5, 5.41) is 5.54. The van der Waals surface area contributed by atoms with E-state index in [-0.39, 0.29) is 0 Å². The summed E-state index contributed by atoms with van der Waals surface area (Å²) in [6.07, 6.45) is 1.16. The highest BCUT2D eigenvalue weighted by Gasteiger charge is 2.13. The maximum atomic E-state index is 5.60. The SMILES string of the molecule is NCc1csc2c1CCNC2. The van der Waals surface area contributed by atoms with E-state index < -0.39 is 0 Å². The third-order valence-corrected chi connectivity index (χ3v) is 3.20. The van der Waals surface area contributed by atoms with E-state index in [2.05, 4.69) is 10.7 Å². The zero-order valence-electron chi connectivity index (χ0n) is 6.39. The van der Waals surface area contributed by atoms with Crippen LogP contribution in [0.25, 0.3) is 0 Å². The van der Waals surface area contributed by atoms with Crippen LogP contribution in [0.1, 0.15) is 16.0 Å². The smallest absolute Gasteiger partial charge is 0.0302 e. The molecular formula is C8H12N2S. The molecule has 3 heteroatoms. The van der Waals surface area contributed by atoms with Gasteiger partial charge in [-0.3, -0.25) is 0 Å². The largest absolute Gasteiger partial charge is 0.326 e. The van der Waals surface area contributed by atoms with Gasteiger partial charge >= 0.3 is 0 Å². The molecule has 1 aromatic rings. The molecule has 0 amide bonds. The zero-order chi connectivity index (χ0) is 7.68. The Balaban J connectivity index is 2.38. The average molecular weight is 168 g/mol. The first kappa shape index (κ1) is 7.28. The maximum absolute atomic E-state index is 5.60. The Morgan fingerprint density at radius 3 is 3.36 bits per heavy atom. The Morgan fingerprint density at radius 1 is 1.64 bits per heavy atom. The van der Waals surface area contributed by atoms with Crippen molar-refractivity contribution in [3.63, 3.8) is 0 Å². The van der Waals surface area contributed by atoms with Crippen molar-refractivity contribution in [1.82, 2.24) is 5.32 Å². The van der Waals surface area contributed by atoms with E-state index in [9.17, 15) is 0 Å². The summed E-state index contributed by atoms with van der Waals surface area (Å²) < 4.78 is 0. The summed E-state index contributed by atoms with van der Waals surface area (Å²) in [6.45, 7) is 2.85. The Kier molecular flexibility index (Phi) is 1.94. The summed E-state index contributed by atoms with van der Waals surface area (Å²) >= 11 is 1.83. The molecule has 0 fully saturated rings. The van der Waals surface area contributed by atoms with Gasteiger partial charge in [0, 0.05) is 18.0 Å². The fraction of sp³-hybridized carbons (Fsp3) is 0.500.